The number of nitrogens with zero attached hydrogens (tertiary/aromatic N) is 3. The van der Waals surface area contributed by atoms with Crippen LogP contribution in [0.1, 0.15) is 24.3 Å². The number of aromatic nitrogens is 3. The van der Waals surface area contributed by atoms with Crippen LogP contribution in [-0.2, 0) is 0 Å². The smallest absolute Gasteiger partial charge is 0.308 e. The zero-order valence-electron chi connectivity index (χ0n) is 13.8. The summed E-state index contributed by atoms with van der Waals surface area (Å²) >= 11 is 2.84. The number of hydrogen-bond donors (Lipinski definition) is 2. The Hall–Kier alpha value is -2.52. The topological polar surface area (TPSA) is 79.8 Å². The lowest BCUT2D eigenvalue weighted by atomic mass is 10.2. The molecule has 2 N–H and O–H groups in total. The lowest BCUT2D eigenvalue weighted by molar-refractivity contribution is 0.262. The van der Waals surface area contributed by atoms with Gasteiger partial charge in [-0.15, -0.1) is 10.2 Å². The van der Waals surface area contributed by atoms with Crippen molar-refractivity contribution in [3.05, 3.63) is 60.2 Å². The molecule has 2 aromatic heterocycles. The number of rotatable bonds is 6. The SMILES string of the molecule is CCC(Sc1nnc(NC(=O)Nc2cccc(F)c2)s1)c1ccccn1. The quantitative estimate of drug-likeness (QED) is 0.460. The van der Waals surface area contributed by atoms with Crippen LogP contribution in [0.2, 0.25) is 0 Å². The van der Waals surface area contributed by atoms with Gasteiger partial charge in [0.15, 0.2) is 4.34 Å². The molecule has 1 unspecified atom stereocenters. The predicted molar refractivity (Wildman–Crippen MR) is 102 cm³/mol. The van der Waals surface area contributed by atoms with E-state index < -0.39 is 11.8 Å². The van der Waals surface area contributed by atoms with Gasteiger partial charge in [-0.05, 0) is 36.8 Å². The Morgan fingerprint density at radius 1 is 1.23 bits per heavy atom. The van der Waals surface area contributed by atoms with Crippen molar-refractivity contribution in [1.82, 2.24) is 15.2 Å². The van der Waals surface area contributed by atoms with Crippen LogP contribution in [0.5, 0.6) is 0 Å². The number of pyridine rings is 1. The lowest BCUT2D eigenvalue weighted by Crippen LogP contribution is -2.19. The Bertz CT molecular complexity index is 874. The number of nitrogens with one attached hydrogen (secondary N) is 2. The molecular formula is C17H16FN5OS2. The summed E-state index contributed by atoms with van der Waals surface area (Å²) in [6, 6.07) is 11.0. The normalized spacial score (nSPS) is 11.8. The monoisotopic (exact) mass is 389 g/mol. The minimum atomic E-state index is -0.500. The van der Waals surface area contributed by atoms with E-state index >= 15 is 0 Å². The maximum Gasteiger partial charge on any atom is 0.325 e. The molecule has 0 spiro atoms. The van der Waals surface area contributed by atoms with Crippen LogP contribution in [0.25, 0.3) is 0 Å². The van der Waals surface area contributed by atoms with Gasteiger partial charge < -0.3 is 5.32 Å². The number of urea groups is 1. The van der Waals surface area contributed by atoms with Crippen LogP contribution >= 0.6 is 23.1 Å². The number of hydrogen-bond acceptors (Lipinski definition) is 6. The maximum atomic E-state index is 13.1. The van der Waals surface area contributed by atoms with Crippen molar-refractivity contribution in [1.29, 1.82) is 0 Å². The van der Waals surface area contributed by atoms with Crippen molar-refractivity contribution in [3.8, 4) is 0 Å². The summed E-state index contributed by atoms with van der Waals surface area (Å²) < 4.78 is 13.9. The summed E-state index contributed by atoms with van der Waals surface area (Å²) in [6.45, 7) is 2.08. The molecule has 0 saturated heterocycles. The third-order valence-corrected chi connectivity index (χ3v) is 5.66. The van der Waals surface area contributed by atoms with Gasteiger partial charge >= 0.3 is 6.03 Å². The Morgan fingerprint density at radius 2 is 2.12 bits per heavy atom. The highest BCUT2D eigenvalue weighted by Gasteiger charge is 2.16. The molecule has 0 saturated carbocycles. The second-order valence-electron chi connectivity index (χ2n) is 5.23. The molecule has 0 radical (unpaired) electrons. The van der Waals surface area contributed by atoms with Gasteiger partial charge in [0.05, 0.1) is 10.9 Å². The van der Waals surface area contributed by atoms with E-state index in [1.54, 1.807) is 24.0 Å². The molecule has 26 heavy (non-hydrogen) atoms. The van der Waals surface area contributed by atoms with Gasteiger partial charge in [0.25, 0.3) is 0 Å². The van der Waals surface area contributed by atoms with E-state index in [-0.39, 0.29) is 5.25 Å². The molecule has 0 bridgehead atoms. The summed E-state index contributed by atoms with van der Waals surface area (Å²) in [4.78, 5) is 16.4. The Labute approximate surface area is 158 Å². The first-order chi connectivity index (χ1) is 12.6. The molecule has 1 aromatic carbocycles. The standard InChI is InChI=1S/C17H16FN5OS2/c1-2-14(13-8-3-4-9-19-13)25-17-23-22-16(26-17)21-15(24)20-12-7-5-6-11(18)10-12/h3-10,14H,2H2,1H3,(H2,20,21,22,24). The van der Waals surface area contributed by atoms with Gasteiger partial charge in [-0.3, -0.25) is 10.3 Å². The molecule has 0 aliphatic carbocycles. The molecule has 0 aliphatic rings. The van der Waals surface area contributed by atoms with E-state index in [0.29, 0.717) is 10.8 Å². The summed E-state index contributed by atoms with van der Waals surface area (Å²) in [5.41, 5.74) is 1.34. The van der Waals surface area contributed by atoms with Crippen LogP contribution in [0.15, 0.2) is 53.0 Å². The summed E-state index contributed by atoms with van der Waals surface area (Å²) in [6.07, 6.45) is 2.66. The number of carbonyl (C=O) groups is 1. The van der Waals surface area contributed by atoms with Crippen molar-refractivity contribution in [2.45, 2.75) is 22.9 Å². The number of thioether (sulfide) groups is 1. The van der Waals surface area contributed by atoms with Crippen molar-refractivity contribution in [2.75, 3.05) is 10.6 Å². The van der Waals surface area contributed by atoms with Crippen LogP contribution < -0.4 is 10.6 Å². The molecule has 0 fully saturated rings. The lowest BCUT2D eigenvalue weighted by Gasteiger charge is -2.11. The van der Waals surface area contributed by atoms with Gasteiger partial charge in [-0.2, -0.15) is 0 Å². The van der Waals surface area contributed by atoms with Crippen molar-refractivity contribution < 1.29 is 9.18 Å². The zero-order chi connectivity index (χ0) is 18.4. The van der Waals surface area contributed by atoms with E-state index in [4.69, 9.17) is 0 Å². The number of carbonyl (C=O) groups excluding carboxylic acids is 1. The van der Waals surface area contributed by atoms with E-state index in [2.05, 4.69) is 32.7 Å². The van der Waals surface area contributed by atoms with Crippen LogP contribution in [0, 0.1) is 5.82 Å². The van der Waals surface area contributed by atoms with Crippen molar-refractivity contribution in [3.63, 3.8) is 0 Å². The van der Waals surface area contributed by atoms with E-state index in [1.807, 2.05) is 18.2 Å². The molecule has 3 aromatic rings. The molecule has 2 heterocycles. The third kappa shape index (κ3) is 4.99. The average Bonchev–Trinajstić information content (AvgIpc) is 3.07. The zero-order valence-corrected chi connectivity index (χ0v) is 15.5. The first-order valence-corrected chi connectivity index (χ1v) is 9.58. The molecule has 3 rings (SSSR count). The van der Waals surface area contributed by atoms with Gasteiger partial charge in [0.2, 0.25) is 5.13 Å². The third-order valence-electron chi connectivity index (χ3n) is 3.34. The fraction of sp³-hybridized carbons (Fsp3) is 0.176. The number of amides is 2. The first kappa shape index (κ1) is 18.3. The van der Waals surface area contributed by atoms with Crippen LogP contribution in [-0.4, -0.2) is 21.2 Å². The number of benzene rings is 1. The maximum absolute atomic E-state index is 13.1. The van der Waals surface area contributed by atoms with E-state index in [0.717, 1.165) is 16.5 Å². The predicted octanol–water partition coefficient (Wildman–Crippen LogP) is 4.96. The molecule has 9 heteroatoms. The average molecular weight is 389 g/mol. The van der Waals surface area contributed by atoms with Crippen LogP contribution in [0.4, 0.5) is 20.0 Å². The van der Waals surface area contributed by atoms with Gasteiger partial charge in [-0.1, -0.05) is 42.2 Å². The van der Waals surface area contributed by atoms with Gasteiger partial charge in [0, 0.05) is 11.9 Å². The molecule has 134 valence electrons. The van der Waals surface area contributed by atoms with Crippen LogP contribution in [0.3, 0.4) is 0 Å². The Kier molecular flexibility index (Phi) is 6.13. The van der Waals surface area contributed by atoms with Crippen molar-refractivity contribution in [2.24, 2.45) is 0 Å². The first-order valence-electron chi connectivity index (χ1n) is 7.88. The summed E-state index contributed by atoms with van der Waals surface area (Å²) in [5.74, 6) is -0.419. The second-order valence-corrected chi connectivity index (χ2v) is 7.66. The Morgan fingerprint density at radius 3 is 2.85 bits per heavy atom. The van der Waals surface area contributed by atoms with E-state index in [9.17, 15) is 9.18 Å². The fourth-order valence-corrected chi connectivity index (χ4v) is 4.18. The Balaban J connectivity index is 1.59. The largest absolute Gasteiger partial charge is 0.325 e. The minimum Gasteiger partial charge on any atom is -0.308 e. The number of halogens is 1. The number of anilines is 2. The fourth-order valence-electron chi connectivity index (χ4n) is 2.17. The molecular weight excluding hydrogens is 373 g/mol. The molecule has 0 aliphatic heterocycles. The minimum absolute atomic E-state index is 0.165. The molecule has 2 amide bonds. The highest BCUT2D eigenvalue weighted by molar-refractivity contribution is 8.01. The van der Waals surface area contributed by atoms with Gasteiger partial charge in [-0.25, -0.2) is 9.18 Å². The molecule has 1 atom stereocenters. The summed E-state index contributed by atoms with van der Waals surface area (Å²) in [7, 11) is 0. The second kappa shape index (κ2) is 8.72. The van der Waals surface area contributed by atoms with Gasteiger partial charge in [0.1, 0.15) is 5.82 Å². The van der Waals surface area contributed by atoms with Crippen molar-refractivity contribution >= 4 is 39.9 Å². The summed E-state index contributed by atoms with van der Waals surface area (Å²) in [5, 5.41) is 13.8. The highest BCUT2D eigenvalue weighted by Crippen LogP contribution is 2.38. The highest BCUT2D eigenvalue weighted by atomic mass is 32.2. The molecule has 6 nitrogen and oxygen atoms in total. The van der Waals surface area contributed by atoms with E-state index in [1.165, 1.54) is 29.5 Å².